The SMILES string of the molecule is CCCCCCCCCCCCCCCCCCCCCCC(=O)OC(C)CCCCC/C=C\C(=O)OCCS(=O)(=O)O. The zero-order chi connectivity index (χ0) is 31.9. The number of ether oxygens (including phenoxy) is 2. The van der Waals surface area contributed by atoms with Crippen LogP contribution in [0.2, 0.25) is 0 Å². The lowest BCUT2D eigenvalue weighted by Crippen LogP contribution is -2.14. The van der Waals surface area contributed by atoms with E-state index in [9.17, 15) is 18.0 Å². The number of rotatable bonds is 32. The fourth-order valence-electron chi connectivity index (χ4n) is 5.21. The summed E-state index contributed by atoms with van der Waals surface area (Å²) in [6.07, 6.45) is 34.7. The Balaban J connectivity index is 3.39. The summed E-state index contributed by atoms with van der Waals surface area (Å²) in [4.78, 5) is 23.5. The van der Waals surface area contributed by atoms with E-state index in [1.54, 1.807) is 6.08 Å². The van der Waals surface area contributed by atoms with E-state index in [-0.39, 0.29) is 18.7 Å². The molecule has 1 atom stereocenters. The fourth-order valence-corrected chi connectivity index (χ4v) is 5.51. The van der Waals surface area contributed by atoms with Gasteiger partial charge in [-0.25, -0.2) is 4.79 Å². The summed E-state index contributed by atoms with van der Waals surface area (Å²) in [5, 5.41) is 0. The smallest absolute Gasteiger partial charge is 0.330 e. The highest BCUT2D eigenvalue weighted by atomic mass is 32.2. The molecule has 254 valence electrons. The standard InChI is InChI=1S/C35H66O7S/c1-3-4-5-6-7-8-9-10-11-12-13-14-15-16-17-18-19-20-23-27-30-35(37)42-33(2)28-25-22-21-24-26-29-34(36)41-31-32-43(38,39)40/h26,29,33H,3-25,27-28,30-32H2,1-2H3,(H,38,39,40)/b29-26-. The van der Waals surface area contributed by atoms with Gasteiger partial charge in [0, 0.05) is 12.5 Å². The van der Waals surface area contributed by atoms with E-state index in [1.165, 1.54) is 122 Å². The van der Waals surface area contributed by atoms with E-state index >= 15 is 0 Å². The van der Waals surface area contributed by atoms with Crippen LogP contribution in [0.25, 0.3) is 0 Å². The Bertz CT molecular complexity index is 779. The lowest BCUT2D eigenvalue weighted by molar-refractivity contribution is -0.148. The third-order valence-corrected chi connectivity index (χ3v) is 8.57. The van der Waals surface area contributed by atoms with Crippen molar-refractivity contribution >= 4 is 22.1 Å². The second kappa shape index (κ2) is 30.6. The number of carbonyl (C=O) groups is 2. The zero-order valence-electron chi connectivity index (χ0n) is 27.8. The minimum Gasteiger partial charge on any atom is -0.463 e. The van der Waals surface area contributed by atoms with Crippen molar-refractivity contribution < 1.29 is 32.0 Å². The molecule has 1 unspecified atom stereocenters. The van der Waals surface area contributed by atoms with E-state index in [0.29, 0.717) is 12.8 Å². The normalized spacial score (nSPS) is 12.5. The van der Waals surface area contributed by atoms with Gasteiger partial charge in [-0.05, 0) is 39.0 Å². The Morgan fingerprint density at radius 1 is 0.674 bits per heavy atom. The maximum Gasteiger partial charge on any atom is 0.330 e. The largest absolute Gasteiger partial charge is 0.463 e. The molecule has 7 nitrogen and oxygen atoms in total. The van der Waals surface area contributed by atoms with Crippen LogP contribution < -0.4 is 0 Å². The highest BCUT2D eigenvalue weighted by molar-refractivity contribution is 7.85. The van der Waals surface area contributed by atoms with Gasteiger partial charge in [-0.1, -0.05) is 141 Å². The zero-order valence-corrected chi connectivity index (χ0v) is 28.7. The molecule has 0 aliphatic carbocycles. The molecule has 0 saturated heterocycles. The molecule has 0 heterocycles. The molecule has 0 aromatic carbocycles. The van der Waals surface area contributed by atoms with Gasteiger partial charge < -0.3 is 9.47 Å². The molecule has 0 fully saturated rings. The second-order valence-electron chi connectivity index (χ2n) is 12.3. The summed E-state index contributed by atoms with van der Waals surface area (Å²) in [6.45, 7) is 3.86. The van der Waals surface area contributed by atoms with Crippen molar-refractivity contribution in [2.75, 3.05) is 12.4 Å². The first-order valence-corrected chi connectivity index (χ1v) is 19.3. The van der Waals surface area contributed by atoms with Gasteiger partial charge in [-0.15, -0.1) is 0 Å². The molecule has 0 aromatic rings. The van der Waals surface area contributed by atoms with Gasteiger partial charge in [-0.3, -0.25) is 9.35 Å². The van der Waals surface area contributed by atoms with Gasteiger partial charge in [0.25, 0.3) is 10.1 Å². The highest BCUT2D eigenvalue weighted by Crippen LogP contribution is 2.16. The van der Waals surface area contributed by atoms with E-state index in [1.807, 2.05) is 6.92 Å². The van der Waals surface area contributed by atoms with Crippen LogP contribution in [0.15, 0.2) is 12.2 Å². The maximum atomic E-state index is 12.1. The van der Waals surface area contributed by atoms with Crippen molar-refractivity contribution in [3.63, 3.8) is 0 Å². The molecule has 0 bridgehead atoms. The molecule has 8 heteroatoms. The van der Waals surface area contributed by atoms with Crippen LogP contribution in [0.1, 0.15) is 181 Å². The second-order valence-corrected chi connectivity index (χ2v) is 13.8. The summed E-state index contributed by atoms with van der Waals surface area (Å²) in [5.74, 6) is -1.32. The number of hydrogen-bond acceptors (Lipinski definition) is 6. The average molecular weight is 631 g/mol. The molecular formula is C35H66O7S. The number of unbranched alkanes of at least 4 members (excludes halogenated alkanes) is 22. The van der Waals surface area contributed by atoms with Crippen molar-refractivity contribution in [2.24, 2.45) is 0 Å². The summed E-state index contributed by atoms with van der Waals surface area (Å²) >= 11 is 0. The third-order valence-electron chi connectivity index (χ3n) is 7.89. The fraction of sp³-hybridized carbons (Fsp3) is 0.886. The minimum atomic E-state index is -4.12. The molecule has 0 aliphatic rings. The van der Waals surface area contributed by atoms with Gasteiger partial charge in [0.15, 0.2) is 0 Å². The quantitative estimate of drug-likeness (QED) is 0.0341. The van der Waals surface area contributed by atoms with Crippen LogP contribution in [0.5, 0.6) is 0 Å². The molecular weight excluding hydrogens is 564 g/mol. The van der Waals surface area contributed by atoms with E-state index in [2.05, 4.69) is 6.92 Å². The first kappa shape index (κ1) is 41.6. The third kappa shape index (κ3) is 34.9. The molecule has 0 amide bonds. The Hall–Kier alpha value is -1.41. The molecule has 0 saturated carbocycles. The van der Waals surface area contributed by atoms with E-state index < -0.39 is 21.8 Å². The van der Waals surface area contributed by atoms with Crippen molar-refractivity contribution in [2.45, 2.75) is 187 Å². The number of hydrogen-bond donors (Lipinski definition) is 1. The van der Waals surface area contributed by atoms with Crippen LogP contribution in [0, 0.1) is 0 Å². The van der Waals surface area contributed by atoms with Crippen molar-refractivity contribution in [3.05, 3.63) is 12.2 Å². The molecule has 43 heavy (non-hydrogen) atoms. The van der Waals surface area contributed by atoms with Gasteiger partial charge >= 0.3 is 11.9 Å². The molecule has 1 N–H and O–H groups in total. The lowest BCUT2D eigenvalue weighted by Gasteiger charge is -2.13. The lowest BCUT2D eigenvalue weighted by atomic mass is 10.0. The predicted molar refractivity (Wildman–Crippen MR) is 178 cm³/mol. The highest BCUT2D eigenvalue weighted by Gasteiger charge is 2.09. The summed E-state index contributed by atoms with van der Waals surface area (Å²) in [5.41, 5.74) is 0. The van der Waals surface area contributed by atoms with Crippen LogP contribution in [0.4, 0.5) is 0 Å². The molecule has 0 aliphatic heterocycles. The summed E-state index contributed by atoms with van der Waals surface area (Å²) in [7, 11) is -4.12. The Morgan fingerprint density at radius 3 is 1.58 bits per heavy atom. The summed E-state index contributed by atoms with van der Waals surface area (Å²) < 4.78 is 40.0. The number of carbonyl (C=O) groups excluding carboxylic acids is 2. The van der Waals surface area contributed by atoms with Crippen LogP contribution in [0.3, 0.4) is 0 Å². The van der Waals surface area contributed by atoms with Crippen molar-refractivity contribution in [1.82, 2.24) is 0 Å². The Labute approximate surface area is 265 Å². The topological polar surface area (TPSA) is 107 Å². The monoisotopic (exact) mass is 630 g/mol. The van der Waals surface area contributed by atoms with Crippen molar-refractivity contribution in [3.8, 4) is 0 Å². The molecule has 0 rings (SSSR count). The Morgan fingerprint density at radius 2 is 1.12 bits per heavy atom. The first-order chi connectivity index (χ1) is 20.7. The van der Waals surface area contributed by atoms with Crippen LogP contribution >= 0.6 is 0 Å². The van der Waals surface area contributed by atoms with Gasteiger partial charge in [0.1, 0.15) is 12.4 Å². The van der Waals surface area contributed by atoms with Gasteiger partial charge in [-0.2, -0.15) is 8.42 Å². The predicted octanol–water partition coefficient (Wildman–Crippen LogP) is 10.1. The van der Waals surface area contributed by atoms with E-state index in [4.69, 9.17) is 14.0 Å². The number of esters is 2. The first-order valence-electron chi connectivity index (χ1n) is 17.7. The molecule has 0 radical (unpaired) electrons. The Kier molecular flexibility index (Phi) is 29.6. The van der Waals surface area contributed by atoms with Crippen molar-refractivity contribution in [1.29, 1.82) is 0 Å². The molecule has 0 spiro atoms. The average Bonchev–Trinajstić information content (AvgIpc) is 2.95. The van der Waals surface area contributed by atoms with E-state index in [0.717, 1.165) is 38.5 Å². The van der Waals surface area contributed by atoms with Crippen LogP contribution in [-0.4, -0.2) is 43.4 Å². The maximum absolute atomic E-state index is 12.1. The number of allylic oxidation sites excluding steroid dienone is 1. The van der Waals surface area contributed by atoms with Gasteiger partial charge in [0.05, 0.1) is 6.10 Å². The van der Waals surface area contributed by atoms with Crippen LogP contribution in [-0.2, 0) is 29.2 Å². The summed E-state index contributed by atoms with van der Waals surface area (Å²) in [6, 6.07) is 0. The molecule has 0 aromatic heterocycles. The van der Waals surface area contributed by atoms with Gasteiger partial charge in [0.2, 0.25) is 0 Å². The minimum absolute atomic E-state index is 0.0778.